The van der Waals surface area contributed by atoms with Crippen molar-refractivity contribution in [2.75, 3.05) is 0 Å². The predicted octanol–water partition coefficient (Wildman–Crippen LogP) is 4.09. The van der Waals surface area contributed by atoms with Crippen LogP contribution in [-0.4, -0.2) is 9.85 Å². The fraction of sp³-hybridized carbons (Fsp3) is 0. The number of nitrogens with zero attached hydrogens (tertiary/aromatic N) is 2. The van der Waals surface area contributed by atoms with Gasteiger partial charge in [-0.1, -0.05) is 17.7 Å². The van der Waals surface area contributed by atoms with Crippen molar-refractivity contribution < 1.29 is 19.0 Å². The largest absolute Gasteiger partial charge is 0.450 e. The molecule has 21 heavy (non-hydrogen) atoms. The van der Waals surface area contributed by atoms with Crippen molar-refractivity contribution in [1.29, 1.82) is 0 Å². The summed E-state index contributed by atoms with van der Waals surface area (Å²) in [5.74, 6) is -1.37. The lowest BCUT2D eigenvalue weighted by Crippen LogP contribution is -1.97. The fourth-order valence-electron chi connectivity index (χ4n) is 1.58. The Morgan fingerprint density at radius 1 is 1.10 bits per heavy atom. The van der Waals surface area contributed by atoms with Gasteiger partial charge in [-0.15, -0.1) is 0 Å². The number of nitro groups is 2. The molecule has 0 radical (unpaired) electrons. The highest BCUT2D eigenvalue weighted by Gasteiger charge is 2.22. The Balaban J connectivity index is 2.39. The molecule has 9 heteroatoms. The van der Waals surface area contributed by atoms with E-state index in [-0.39, 0.29) is 22.2 Å². The van der Waals surface area contributed by atoms with E-state index in [1.807, 2.05) is 0 Å². The third-order valence-corrected chi connectivity index (χ3v) is 2.78. The van der Waals surface area contributed by atoms with Gasteiger partial charge in [0.05, 0.1) is 9.85 Å². The van der Waals surface area contributed by atoms with Gasteiger partial charge in [0.2, 0.25) is 11.6 Å². The Morgan fingerprint density at radius 3 is 2.38 bits per heavy atom. The number of rotatable bonds is 4. The maximum atomic E-state index is 13.4. The van der Waals surface area contributed by atoms with E-state index < -0.39 is 21.4 Å². The second-order valence-corrected chi connectivity index (χ2v) is 4.22. The molecule has 0 unspecified atom stereocenters. The smallest absolute Gasteiger partial charge is 0.346 e. The zero-order valence-electron chi connectivity index (χ0n) is 10.2. The van der Waals surface area contributed by atoms with Crippen molar-refractivity contribution in [3.63, 3.8) is 0 Å². The summed E-state index contributed by atoms with van der Waals surface area (Å²) in [7, 11) is 0. The third-order valence-electron chi connectivity index (χ3n) is 2.48. The highest BCUT2D eigenvalue weighted by Crippen LogP contribution is 2.35. The number of nitro benzene ring substituents is 2. The first-order chi connectivity index (χ1) is 9.90. The van der Waals surface area contributed by atoms with E-state index in [9.17, 15) is 24.6 Å². The summed E-state index contributed by atoms with van der Waals surface area (Å²) < 4.78 is 18.6. The number of para-hydroxylation sites is 1. The molecule has 0 saturated heterocycles. The monoisotopic (exact) mass is 312 g/mol. The number of ether oxygens (including phenoxy) is 1. The van der Waals surface area contributed by atoms with Crippen LogP contribution in [0.2, 0.25) is 5.02 Å². The summed E-state index contributed by atoms with van der Waals surface area (Å²) in [6.45, 7) is 0. The molecule has 0 aliphatic heterocycles. The molecular formula is C12H6ClFN2O5. The van der Waals surface area contributed by atoms with Crippen LogP contribution < -0.4 is 4.74 Å². The summed E-state index contributed by atoms with van der Waals surface area (Å²) in [5, 5.41) is 21.2. The van der Waals surface area contributed by atoms with Crippen LogP contribution in [0.1, 0.15) is 0 Å². The number of hydrogen-bond acceptors (Lipinski definition) is 5. The summed E-state index contributed by atoms with van der Waals surface area (Å²) in [6.07, 6.45) is 0. The van der Waals surface area contributed by atoms with Crippen molar-refractivity contribution >= 4 is 23.0 Å². The first kappa shape index (κ1) is 14.7. The van der Waals surface area contributed by atoms with Gasteiger partial charge in [0.25, 0.3) is 5.69 Å². The normalized spacial score (nSPS) is 10.2. The highest BCUT2D eigenvalue weighted by atomic mass is 35.5. The average Bonchev–Trinajstić information content (AvgIpc) is 2.37. The molecule has 108 valence electrons. The van der Waals surface area contributed by atoms with Gasteiger partial charge < -0.3 is 4.74 Å². The van der Waals surface area contributed by atoms with Crippen LogP contribution in [-0.2, 0) is 0 Å². The van der Waals surface area contributed by atoms with Crippen LogP contribution in [0.4, 0.5) is 15.8 Å². The van der Waals surface area contributed by atoms with E-state index in [4.69, 9.17) is 16.3 Å². The summed E-state index contributed by atoms with van der Waals surface area (Å²) in [4.78, 5) is 19.8. The Kier molecular flexibility index (Phi) is 3.99. The summed E-state index contributed by atoms with van der Waals surface area (Å²) >= 11 is 5.69. The minimum atomic E-state index is -1.05. The highest BCUT2D eigenvalue weighted by molar-refractivity contribution is 6.32. The van der Waals surface area contributed by atoms with E-state index in [2.05, 4.69) is 0 Å². The predicted molar refractivity (Wildman–Crippen MR) is 71.2 cm³/mol. The zero-order chi connectivity index (χ0) is 15.6. The van der Waals surface area contributed by atoms with Crippen molar-refractivity contribution in [3.05, 3.63) is 67.5 Å². The molecule has 2 aromatic rings. The molecule has 0 aliphatic carbocycles. The standard InChI is InChI=1S/C12H6ClFN2O5/c13-8-6-7(4-5-10(8)15(17)18)21-11-3-1-2-9(14)12(11)16(19)20/h1-6H. The minimum absolute atomic E-state index is 0.0132. The molecule has 0 fully saturated rings. The molecule has 0 amide bonds. The van der Waals surface area contributed by atoms with Gasteiger partial charge in [-0.2, -0.15) is 4.39 Å². The molecule has 0 N–H and O–H groups in total. The van der Waals surface area contributed by atoms with E-state index in [1.54, 1.807) is 0 Å². The van der Waals surface area contributed by atoms with Crippen LogP contribution in [0.3, 0.4) is 0 Å². The van der Waals surface area contributed by atoms with Gasteiger partial charge in [0.1, 0.15) is 10.8 Å². The number of benzene rings is 2. The lowest BCUT2D eigenvalue weighted by atomic mass is 10.2. The lowest BCUT2D eigenvalue weighted by molar-refractivity contribution is -0.388. The van der Waals surface area contributed by atoms with Crippen LogP contribution >= 0.6 is 11.6 Å². The topological polar surface area (TPSA) is 95.5 Å². The fourth-order valence-corrected chi connectivity index (χ4v) is 1.82. The van der Waals surface area contributed by atoms with E-state index >= 15 is 0 Å². The molecule has 0 atom stereocenters. The Labute approximate surface area is 121 Å². The molecule has 2 aromatic carbocycles. The van der Waals surface area contributed by atoms with Gasteiger partial charge in [-0.25, -0.2) is 0 Å². The Morgan fingerprint density at radius 2 is 1.81 bits per heavy atom. The van der Waals surface area contributed by atoms with Gasteiger partial charge >= 0.3 is 5.69 Å². The average molecular weight is 313 g/mol. The summed E-state index contributed by atoms with van der Waals surface area (Å²) in [6, 6.07) is 6.78. The van der Waals surface area contributed by atoms with Crippen molar-refractivity contribution in [1.82, 2.24) is 0 Å². The second kappa shape index (κ2) is 5.71. The molecule has 0 saturated carbocycles. The van der Waals surface area contributed by atoms with Crippen LogP contribution in [0.25, 0.3) is 0 Å². The molecule has 0 spiro atoms. The van der Waals surface area contributed by atoms with Crippen LogP contribution in [0.5, 0.6) is 11.5 Å². The Bertz CT molecular complexity index is 738. The molecule has 7 nitrogen and oxygen atoms in total. The number of halogens is 2. The van der Waals surface area contributed by atoms with Crippen molar-refractivity contribution in [3.8, 4) is 11.5 Å². The van der Waals surface area contributed by atoms with E-state index in [0.717, 1.165) is 18.2 Å². The van der Waals surface area contributed by atoms with E-state index in [0.29, 0.717) is 0 Å². The quantitative estimate of drug-likeness (QED) is 0.626. The molecular weight excluding hydrogens is 307 g/mol. The van der Waals surface area contributed by atoms with Gasteiger partial charge in [-0.05, 0) is 18.2 Å². The van der Waals surface area contributed by atoms with Gasteiger partial charge in [0.15, 0.2) is 0 Å². The van der Waals surface area contributed by atoms with E-state index in [1.165, 1.54) is 18.2 Å². The maximum absolute atomic E-state index is 13.4. The first-order valence-electron chi connectivity index (χ1n) is 5.45. The van der Waals surface area contributed by atoms with Crippen LogP contribution in [0.15, 0.2) is 36.4 Å². The maximum Gasteiger partial charge on any atom is 0.346 e. The van der Waals surface area contributed by atoms with Crippen molar-refractivity contribution in [2.45, 2.75) is 0 Å². The van der Waals surface area contributed by atoms with Crippen molar-refractivity contribution in [2.24, 2.45) is 0 Å². The Hall–Kier alpha value is -2.74. The third kappa shape index (κ3) is 3.06. The molecule has 0 bridgehead atoms. The zero-order valence-corrected chi connectivity index (χ0v) is 10.9. The van der Waals surface area contributed by atoms with Gasteiger partial charge in [0, 0.05) is 12.1 Å². The SMILES string of the molecule is O=[N+]([O-])c1ccc(Oc2cccc(F)c2[N+](=O)[O-])cc1Cl. The molecule has 0 aromatic heterocycles. The van der Waals surface area contributed by atoms with Gasteiger partial charge in [-0.3, -0.25) is 20.2 Å². The second-order valence-electron chi connectivity index (χ2n) is 3.82. The first-order valence-corrected chi connectivity index (χ1v) is 5.82. The molecule has 0 aliphatic rings. The summed E-state index contributed by atoms with van der Waals surface area (Å²) in [5.41, 5.74) is -1.16. The minimum Gasteiger partial charge on any atom is -0.450 e. The molecule has 2 rings (SSSR count). The lowest BCUT2D eigenvalue weighted by Gasteiger charge is -2.07. The van der Waals surface area contributed by atoms with Crippen LogP contribution in [0, 0.1) is 26.0 Å². The molecule has 0 heterocycles. The number of hydrogen-bond donors (Lipinski definition) is 0.